The van der Waals surface area contributed by atoms with Crippen LogP contribution in [0.3, 0.4) is 0 Å². The van der Waals surface area contributed by atoms with Crippen molar-refractivity contribution in [1.29, 1.82) is 0 Å². The first kappa shape index (κ1) is 41.5. The number of ether oxygens (including phenoxy) is 7. The Kier molecular flexibility index (Phi) is 11.4. The van der Waals surface area contributed by atoms with Gasteiger partial charge in [0.2, 0.25) is 0 Å². The molecule has 59 heavy (non-hydrogen) atoms. The minimum absolute atomic E-state index is 0.00414. The van der Waals surface area contributed by atoms with Crippen molar-refractivity contribution in [3.05, 3.63) is 94.3 Å². The number of nitrogens with two attached hydrogens (primary N) is 1. The van der Waals surface area contributed by atoms with E-state index in [1.54, 1.807) is 69.3 Å². The number of carbonyl (C=O) groups excluding carboxylic acids is 3. The van der Waals surface area contributed by atoms with E-state index in [0.29, 0.717) is 5.56 Å². The van der Waals surface area contributed by atoms with Crippen molar-refractivity contribution < 1.29 is 57.8 Å². The molecule has 4 bridgehead atoms. The average molecular weight is 828 g/mol. The number of anilines is 1. The highest BCUT2D eigenvalue weighted by Gasteiger charge is 2.55. The molecule has 8 rings (SSSR count). The zero-order valence-electron chi connectivity index (χ0n) is 32.7. The zero-order valence-corrected chi connectivity index (χ0v) is 33.5. The normalized spacial score (nSPS) is 30.2. The Hall–Kier alpha value is -5.62. The SMILES string of the molecule is C=C1Oc2cc(OC)cc(C(=O)O[C@H]3COC(=O)C[C@H](N)c4ccc(c(Cl)c4)O[C@@H]4C#C/C=C/3C#CC3=CC=C[C@@]34O[C@@H]3OC(C)(C)[C@@H](N(C)C)[C@@H](O)[C@H]3O)c2NC1=O. The smallest absolute Gasteiger partial charge is 0.341 e. The summed E-state index contributed by atoms with van der Waals surface area (Å²) in [5.41, 5.74) is 4.47. The molecule has 1 fully saturated rings. The van der Waals surface area contributed by atoms with Gasteiger partial charge in [0.15, 0.2) is 35.6 Å². The predicted octanol–water partition coefficient (Wildman–Crippen LogP) is 3.10. The highest BCUT2D eigenvalue weighted by atomic mass is 35.5. The van der Waals surface area contributed by atoms with E-state index in [1.807, 2.05) is 0 Å². The summed E-state index contributed by atoms with van der Waals surface area (Å²) >= 11 is 6.75. The minimum atomic E-state index is -1.68. The number of carbonyl (C=O) groups is 3. The second-order valence-electron chi connectivity index (χ2n) is 15.1. The molecule has 6 aliphatic rings. The van der Waals surface area contributed by atoms with E-state index in [9.17, 15) is 24.6 Å². The van der Waals surface area contributed by atoms with Gasteiger partial charge in [-0.05, 0) is 69.8 Å². The van der Waals surface area contributed by atoms with Gasteiger partial charge in [0.25, 0.3) is 5.91 Å². The van der Waals surface area contributed by atoms with Crippen LogP contribution in [-0.4, -0.2) is 109 Å². The van der Waals surface area contributed by atoms with Gasteiger partial charge in [0.05, 0.1) is 47.0 Å². The van der Waals surface area contributed by atoms with Crippen molar-refractivity contribution in [2.24, 2.45) is 5.73 Å². The minimum Gasteiger partial charge on any atom is -0.497 e. The Morgan fingerprint density at radius 3 is 2.63 bits per heavy atom. The first-order valence-electron chi connectivity index (χ1n) is 18.5. The van der Waals surface area contributed by atoms with E-state index < -0.39 is 78.4 Å². The average Bonchev–Trinajstić information content (AvgIpc) is 3.60. The summed E-state index contributed by atoms with van der Waals surface area (Å²) < 4.78 is 42.2. The van der Waals surface area contributed by atoms with Gasteiger partial charge in [0.1, 0.15) is 30.3 Å². The van der Waals surface area contributed by atoms with Crippen LogP contribution < -0.4 is 25.3 Å². The van der Waals surface area contributed by atoms with Crippen molar-refractivity contribution in [3.63, 3.8) is 0 Å². The summed E-state index contributed by atoms with van der Waals surface area (Å²) in [5.74, 6) is 10.1. The fourth-order valence-corrected chi connectivity index (χ4v) is 7.77. The number of aliphatic hydroxyl groups is 2. The van der Waals surface area contributed by atoms with Gasteiger partial charge >= 0.3 is 11.9 Å². The van der Waals surface area contributed by atoms with Crippen molar-refractivity contribution in [3.8, 4) is 40.9 Å². The van der Waals surface area contributed by atoms with Gasteiger partial charge in [-0.1, -0.05) is 48.1 Å². The monoisotopic (exact) mass is 827 g/mol. The third-order valence-electron chi connectivity index (χ3n) is 10.4. The Morgan fingerprint density at radius 2 is 1.90 bits per heavy atom. The molecule has 308 valence electrons. The number of fused-ring (bicyclic) bond motifs is 9. The second kappa shape index (κ2) is 16.2. The molecule has 2 aliphatic carbocycles. The molecule has 4 aliphatic heterocycles. The number of aliphatic hydroxyl groups excluding tert-OH is 2. The molecule has 0 spiro atoms. The van der Waals surface area contributed by atoms with Gasteiger partial charge in [0, 0.05) is 23.8 Å². The molecule has 1 saturated heterocycles. The van der Waals surface area contributed by atoms with Crippen LogP contribution >= 0.6 is 11.6 Å². The number of halogens is 1. The first-order valence-corrected chi connectivity index (χ1v) is 18.9. The van der Waals surface area contributed by atoms with Gasteiger partial charge in [-0.2, -0.15) is 0 Å². The Bertz CT molecular complexity index is 2330. The standard InChI is InChI=1S/C43H42ClN3O12/c1-22-39(51)46-35-27(18-26(53-6)19-31(35)55-22)40(52)57-32-21-54-34(48)20-29(45)24-13-15-30(28(44)17-24)56-33-11-7-9-23(32)12-14-25-10-8-16-43(25,33)59-41-37(50)36(49)38(47(4)5)42(2,3)58-41/h8-10,13,15-19,29,32-33,36-38,41,49-50H,1,20-21,45H2,2-6H3,(H,46,51)/b23-9+/t29-,32-,33+,36-,37+,38-,41-,43+/m0/s1. The summed E-state index contributed by atoms with van der Waals surface area (Å²) in [6.07, 6.45) is -0.738. The lowest BCUT2D eigenvalue weighted by molar-refractivity contribution is -0.329. The fraction of sp³-hybridized carbons (Fsp3) is 0.372. The van der Waals surface area contributed by atoms with Crippen LogP contribution in [0.5, 0.6) is 17.2 Å². The van der Waals surface area contributed by atoms with Gasteiger partial charge in [-0.3, -0.25) is 9.59 Å². The second-order valence-corrected chi connectivity index (χ2v) is 15.5. The molecule has 8 atom stereocenters. The van der Waals surface area contributed by atoms with E-state index in [4.69, 9.17) is 50.5 Å². The Labute approximate surface area is 345 Å². The number of allylic oxidation sites excluding steroid dienone is 3. The maximum Gasteiger partial charge on any atom is 0.341 e. The molecule has 2 aromatic rings. The highest BCUT2D eigenvalue weighted by Crippen LogP contribution is 2.42. The number of nitrogens with zero attached hydrogens (tertiary/aromatic N) is 1. The highest BCUT2D eigenvalue weighted by molar-refractivity contribution is 6.32. The Morgan fingerprint density at radius 1 is 1.12 bits per heavy atom. The van der Waals surface area contributed by atoms with Crippen LogP contribution in [-0.2, 0) is 28.5 Å². The number of benzene rings is 2. The van der Waals surface area contributed by atoms with Crippen molar-refractivity contribution in [2.75, 3.05) is 33.1 Å². The first-order chi connectivity index (χ1) is 28.0. The van der Waals surface area contributed by atoms with Gasteiger partial charge in [-0.25, -0.2) is 4.79 Å². The topological polar surface area (TPSA) is 198 Å². The van der Waals surface area contributed by atoms with Crippen LogP contribution in [0.4, 0.5) is 5.69 Å². The molecule has 5 N–H and O–H groups in total. The van der Waals surface area contributed by atoms with E-state index in [2.05, 4.69) is 35.6 Å². The van der Waals surface area contributed by atoms with Crippen molar-refractivity contribution in [1.82, 2.24) is 4.90 Å². The molecule has 0 unspecified atom stereocenters. The quantitative estimate of drug-likeness (QED) is 0.188. The molecule has 0 aromatic heterocycles. The molecule has 16 heteroatoms. The van der Waals surface area contributed by atoms with E-state index >= 15 is 0 Å². The number of likely N-dealkylation sites (N-methyl/N-ethyl adjacent to an activating group) is 1. The van der Waals surface area contributed by atoms with Crippen LogP contribution in [0.2, 0.25) is 5.02 Å². The molecule has 15 nitrogen and oxygen atoms in total. The lowest BCUT2D eigenvalue weighted by Crippen LogP contribution is -2.68. The van der Waals surface area contributed by atoms with Crippen molar-refractivity contribution in [2.45, 2.75) is 74.3 Å². The summed E-state index contributed by atoms with van der Waals surface area (Å²) in [6.45, 7) is 6.62. The summed E-state index contributed by atoms with van der Waals surface area (Å²) in [7, 11) is 4.93. The fourth-order valence-electron chi connectivity index (χ4n) is 7.54. The molecule has 0 radical (unpaired) electrons. The van der Waals surface area contributed by atoms with Crippen LogP contribution in [0, 0.1) is 23.7 Å². The molecule has 4 heterocycles. The molecule has 0 saturated carbocycles. The third kappa shape index (κ3) is 8.07. The van der Waals surface area contributed by atoms with E-state index in [1.165, 1.54) is 25.3 Å². The lowest BCUT2D eigenvalue weighted by atomic mass is 9.85. The number of nitrogens with one attached hydrogen (secondary N) is 1. The van der Waals surface area contributed by atoms with E-state index in [0.717, 1.165) is 0 Å². The summed E-state index contributed by atoms with van der Waals surface area (Å²) in [5, 5.41) is 25.6. The number of hydrogen-bond acceptors (Lipinski definition) is 14. The van der Waals surface area contributed by atoms with Crippen LogP contribution in [0.15, 0.2) is 78.1 Å². The zero-order chi connectivity index (χ0) is 42.4. The van der Waals surface area contributed by atoms with Gasteiger partial charge in [-0.15, -0.1) is 0 Å². The number of hydrogen-bond donors (Lipinski definition) is 4. The maximum atomic E-state index is 14.1. The lowest BCUT2D eigenvalue weighted by Gasteiger charge is -2.51. The number of amides is 1. The number of methoxy groups -OCH3 is 1. The number of esters is 2. The third-order valence-corrected chi connectivity index (χ3v) is 10.7. The van der Waals surface area contributed by atoms with Crippen LogP contribution in [0.25, 0.3) is 0 Å². The van der Waals surface area contributed by atoms with E-state index in [-0.39, 0.29) is 56.8 Å². The van der Waals surface area contributed by atoms with Crippen LogP contribution in [0.1, 0.15) is 42.2 Å². The molecule has 2 aromatic carbocycles. The summed E-state index contributed by atoms with van der Waals surface area (Å²) in [6, 6.07) is 6.15. The number of rotatable bonds is 6. The predicted molar refractivity (Wildman–Crippen MR) is 212 cm³/mol. The maximum absolute atomic E-state index is 14.1. The molecular weight excluding hydrogens is 786 g/mol. The van der Waals surface area contributed by atoms with Gasteiger partial charge < -0.3 is 59.3 Å². The Balaban J connectivity index is 1.32. The summed E-state index contributed by atoms with van der Waals surface area (Å²) in [4.78, 5) is 41.6. The molecular formula is C43H42ClN3O12. The molecule has 1 amide bonds. The van der Waals surface area contributed by atoms with Crippen molar-refractivity contribution >= 4 is 35.1 Å². The largest absolute Gasteiger partial charge is 0.497 e.